The molecule has 1 aromatic carbocycles. The zero-order valence-electron chi connectivity index (χ0n) is 21.4. The Balaban J connectivity index is 1.33. The molecule has 4 heterocycles. The summed E-state index contributed by atoms with van der Waals surface area (Å²) in [5.41, 5.74) is 2.01. The molecule has 1 fully saturated rings. The van der Waals surface area contributed by atoms with Crippen LogP contribution in [0.25, 0.3) is 5.95 Å². The number of nitrogens with one attached hydrogen (secondary N) is 1. The Hall–Kier alpha value is -3.73. The maximum atomic E-state index is 13.2. The van der Waals surface area contributed by atoms with Crippen LogP contribution in [0, 0.1) is 0 Å². The molecule has 1 atom stereocenters. The Morgan fingerprint density at radius 2 is 2.00 bits per heavy atom. The number of hydrogen-bond acceptors (Lipinski definition) is 8. The molecule has 0 radical (unpaired) electrons. The number of piperazine rings is 1. The van der Waals surface area contributed by atoms with Crippen molar-refractivity contribution in [2.24, 2.45) is 0 Å². The largest absolute Gasteiger partial charge is 0.495 e. The summed E-state index contributed by atoms with van der Waals surface area (Å²) in [7, 11) is 1.57. The summed E-state index contributed by atoms with van der Waals surface area (Å²) in [6.07, 6.45) is 8.95. The molecule has 1 aliphatic rings. The number of imidazole rings is 1. The highest BCUT2D eigenvalue weighted by Crippen LogP contribution is 2.26. The van der Waals surface area contributed by atoms with E-state index in [1.807, 2.05) is 18.3 Å². The summed E-state index contributed by atoms with van der Waals surface area (Å²) in [6.45, 7) is 3.23. The minimum Gasteiger partial charge on any atom is -0.495 e. The average molecular weight is 567 g/mol. The lowest BCUT2D eigenvalue weighted by Crippen LogP contribution is -2.54. The number of carbonyl (C=O) groups is 1. The molecule has 202 valence electrons. The van der Waals surface area contributed by atoms with Crippen LogP contribution in [-0.2, 0) is 17.9 Å². The summed E-state index contributed by atoms with van der Waals surface area (Å²) in [5, 5.41) is 3.85. The van der Waals surface area contributed by atoms with Crippen molar-refractivity contribution in [3.8, 4) is 11.7 Å². The number of benzene rings is 1. The molecule has 5 rings (SSSR count). The molecular weight excluding hydrogens is 539 g/mol. The van der Waals surface area contributed by atoms with E-state index < -0.39 is 0 Å². The van der Waals surface area contributed by atoms with Gasteiger partial charge in [0.1, 0.15) is 23.0 Å². The number of pyridine rings is 1. The average Bonchev–Trinajstić information content (AvgIpc) is 3.48. The predicted molar refractivity (Wildman–Crippen MR) is 149 cm³/mol. The normalized spacial score (nSPS) is 15.8. The van der Waals surface area contributed by atoms with Crippen molar-refractivity contribution in [1.82, 2.24) is 34.7 Å². The molecule has 0 saturated carbocycles. The van der Waals surface area contributed by atoms with E-state index in [1.54, 1.807) is 54.8 Å². The van der Waals surface area contributed by atoms with Crippen LogP contribution in [0.15, 0.2) is 67.5 Å². The Morgan fingerprint density at radius 1 is 1.10 bits per heavy atom. The molecule has 12 heteroatoms. The summed E-state index contributed by atoms with van der Waals surface area (Å²) in [4.78, 5) is 35.0. The number of rotatable bonds is 9. The third-order valence-corrected chi connectivity index (χ3v) is 7.01. The van der Waals surface area contributed by atoms with Gasteiger partial charge < -0.3 is 15.0 Å². The lowest BCUT2D eigenvalue weighted by Gasteiger charge is -2.42. The van der Waals surface area contributed by atoms with Crippen molar-refractivity contribution in [2.75, 3.05) is 31.6 Å². The number of ether oxygens (including phenoxy) is 1. The van der Waals surface area contributed by atoms with Crippen molar-refractivity contribution >= 4 is 34.9 Å². The second-order valence-corrected chi connectivity index (χ2v) is 10.0. The smallest absolute Gasteiger partial charge is 0.238 e. The number of halogens is 2. The number of methoxy groups -OCH3 is 1. The molecule has 1 amide bonds. The van der Waals surface area contributed by atoms with Gasteiger partial charge in [-0.25, -0.2) is 9.97 Å². The SMILES string of the molecule is COc1ccc(CNC(=O)CC2CN(Cc3cccnc3)CCN2c2cc(Cl)nc(-n3ccnc3)n2)cc1Cl. The van der Waals surface area contributed by atoms with Gasteiger partial charge in [0, 0.05) is 70.0 Å². The van der Waals surface area contributed by atoms with Gasteiger partial charge in [0.15, 0.2) is 0 Å². The standard InChI is InChI=1S/C27H28Cl2N8O2/c1-39-23-5-4-19(11-22(23)28)15-32-26(38)12-21-17-35(16-20-3-2-6-30-14-20)9-10-37(21)25-13-24(29)33-27(34-25)36-8-7-31-18-36/h2-8,11,13-14,18,21H,9-10,12,15-17H2,1H3,(H,32,38). The minimum atomic E-state index is -0.142. The van der Waals surface area contributed by atoms with Crippen LogP contribution in [0.2, 0.25) is 10.2 Å². The first-order chi connectivity index (χ1) is 19.0. The van der Waals surface area contributed by atoms with Crippen molar-refractivity contribution in [1.29, 1.82) is 0 Å². The number of amides is 1. The molecule has 1 unspecified atom stereocenters. The number of anilines is 1. The molecule has 10 nitrogen and oxygen atoms in total. The monoisotopic (exact) mass is 566 g/mol. The van der Waals surface area contributed by atoms with E-state index in [9.17, 15) is 4.79 Å². The van der Waals surface area contributed by atoms with Gasteiger partial charge in [-0.3, -0.25) is 19.2 Å². The molecule has 4 aromatic rings. The van der Waals surface area contributed by atoms with E-state index >= 15 is 0 Å². The zero-order chi connectivity index (χ0) is 27.2. The summed E-state index contributed by atoms with van der Waals surface area (Å²) >= 11 is 12.6. The molecule has 1 aliphatic heterocycles. The van der Waals surface area contributed by atoms with E-state index in [-0.39, 0.29) is 18.4 Å². The van der Waals surface area contributed by atoms with Gasteiger partial charge in [0.25, 0.3) is 0 Å². The van der Waals surface area contributed by atoms with E-state index in [0.29, 0.717) is 47.3 Å². The van der Waals surface area contributed by atoms with E-state index in [2.05, 4.69) is 36.1 Å². The topological polar surface area (TPSA) is 101 Å². The van der Waals surface area contributed by atoms with Gasteiger partial charge in [-0.05, 0) is 29.3 Å². The minimum absolute atomic E-state index is 0.0739. The Labute approximate surface area is 236 Å². The fourth-order valence-corrected chi connectivity index (χ4v) is 5.08. The van der Waals surface area contributed by atoms with Crippen LogP contribution >= 0.6 is 23.2 Å². The van der Waals surface area contributed by atoms with Crippen molar-refractivity contribution < 1.29 is 9.53 Å². The van der Waals surface area contributed by atoms with Gasteiger partial charge in [-0.15, -0.1) is 0 Å². The molecule has 0 bridgehead atoms. The molecule has 3 aromatic heterocycles. The summed E-state index contributed by atoms with van der Waals surface area (Å²) < 4.78 is 6.92. The van der Waals surface area contributed by atoms with Crippen LogP contribution in [0.4, 0.5) is 5.82 Å². The lowest BCUT2D eigenvalue weighted by molar-refractivity contribution is -0.121. The van der Waals surface area contributed by atoms with Gasteiger partial charge in [0.2, 0.25) is 11.9 Å². The fraction of sp³-hybridized carbons (Fsp3) is 0.296. The number of hydrogen-bond donors (Lipinski definition) is 1. The van der Waals surface area contributed by atoms with E-state index in [0.717, 1.165) is 24.2 Å². The van der Waals surface area contributed by atoms with Crippen LogP contribution in [0.3, 0.4) is 0 Å². The van der Waals surface area contributed by atoms with Crippen LogP contribution < -0.4 is 15.0 Å². The molecule has 39 heavy (non-hydrogen) atoms. The molecule has 0 aliphatic carbocycles. The lowest BCUT2D eigenvalue weighted by atomic mass is 10.1. The predicted octanol–water partition coefficient (Wildman–Crippen LogP) is 3.77. The van der Waals surface area contributed by atoms with Gasteiger partial charge in [-0.1, -0.05) is 35.3 Å². The Morgan fingerprint density at radius 3 is 2.74 bits per heavy atom. The summed E-state index contributed by atoms with van der Waals surface area (Å²) in [5.74, 6) is 1.61. The first kappa shape index (κ1) is 26.9. The molecular formula is C27H28Cl2N8O2. The summed E-state index contributed by atoms with van der Waals surface area (Å²) in [6, 6.07) is 11.1. The third kappa shape index (κ3) is 6.83. The zero-order valence-corrected chi connectivity index (χ0v) is 22.9. The quantitative estimate of drug-likeness (QED) is 0.305. The van der Waals surface area contributed by atoms with Crippen molar-refractivity contribution in [3.63, 3.8) is 0 Å². The Kier molecular flexibility index (Phi) is 8.55. The first-order valence-electron chi connectivity index (χ1n) is 12.5. The van der Waals surface area contributed by atoms with E-state index in [1.165, 1.54) is 0 Å². The third-order valence-electron chi connectivity index (χ3n) is 6.52. The van der Waals surface area contributed by atoms with Crippen LogP contribution in [0.1, 0.15) is 17.5 Å². The first-order valence-corrected chi connectivity index (χ1v) is 13.2. The maximum Gasteiger partial charge on any atom is 0.238 e. The molecule has 0 spiro atoms. The Bertz CT molecular complexity index is 1400. The van der Waals surface area contributed by atoms with Crippen LogP contribution in [0.5, 0.6) is 5.75 Å². The second kappa shape index (κ2) is 12.4. The van der Waals surface area contributed by atoms with Crippen molar-refractivity contribution in [3.05, 3.63) is 88.8 Å². The van der Waals surface area contributed by atoms with Gasteiger partial charge >= 0.3 is 0 Å². The fourth-order valence-electron chi connectivity index (χ4n) is 4.63. The molecule has 1 saturated heterocycles. The molecule has 1 N–H and O–H groups in total. The van der Waals surface area contributed by atoms with E-state index in [4.69, 9.17) is 32.9 Å². The van der Waals surface area contributed by atoms with Crippen LogP contribution in [-0.4, -0.2) is 68.1 Å². The maximum absolute atomic E-state index is 13.2. The number of carbonyl (C=O) groups excluding carboxylic acids is 1. The highest BCUT2D eigenvalue weighted by molar-refractivity contribution is 6.32. The van der Waals surface area contributed by atoms with Crippen molar-refractivity contribution in [2.45, 2.75) is 25.6 Å². The van der Waals surface area contributed by atoms with Gasteiger partial charge in [0.05, 0.1) is 18.2 Å². The highest BCUT2D eigenvalue weighted by Gasteiger charge is 2.30. The second-order valence-electron chi connectivity index (χ2n) is 9.21. The number of aromatic nitrogens is 5. The van der Waals surface area contributed by atoms with Gasteiger partial charge in [-0.2, -0.15) is 4.98 Å². The number of nitrogens with zero attached hydrogens (tertiary/aromatic N) is 7. The highest BCUT2D eigenvalue weighted by atomic mass is 35.5.